The number of nitrogens with zero attached hydrogens (tertiary/aromatic N) is 1. The van der Waals surface area contributed by atoms with Crippen LogP contribution in [0.3, 0.4) is 0 Å². The van der Waals surface area contributed by atoms with Crippen molar-refractivity contribution in [3.8, 4) is 0 Å². The molecule has 1 N–H and O–H groups in total. The van der Waals surface area contributed by atoms with E-state index in [-0.39, 0.29) is 6.04 Å². The molecule has 2 heterocycles. The van der Waals surface area contributed by atoms with Gasteiger partial charge in [0.2, 0.25) is 0 Å². The van der Waals surface area contributed by atoms with Crippen LogP contribution in [-0.2, 0) is 11.2 Å². The van der Waals surface area contributed by atoms with Crippen LogP contribution in [0.25, 0.3) is 0 Å². The average Bonchev–Trinajstić information content (AvgIpc) is 2.91. The molecule has 0 amide bonds. The lowest BCUT2D eigenvalue weighted by Gasteiger charge is -2.40. The second-order valence-electron chi connectivity index (χ2n) is 5.56. The van der Waals surface area contributed by atoms with Gasteiger partial charge in [0.15, 0.2) is 5.78 Å². The molecule has 0 radical (unpaired) electrons. The van der Waals surface area contributed by atoms with Crippen LogP contribution in [0.2, 0.25) is 0 Å². The van der Waals surface area contributed by atoms with Crippen molar-refractivity contribution >= 4 is 17.1 Å². The van der Waals surface area contributed by atoms with Gasteiger partial charge in [-0.1, -0.05) is 12.8 Å². The number of thiazole rings is 1. The van der Waals surface area contributed by atoms with Crippen LogP contribution in [0.15, 0.2) is 11.7 Å². The number of carbonyl (C=O) groups excluding carboxylic acids is 1. The lowest BCUT2D eigenvalue weighted by molar-refractivity contribution is -0.121. The molecule has 1 aromatic heterocycles. The number of piperidine rings is 1. The van der Waals surface area contributed by atoms with E-state index in [4.69, 9.17) is 0 Å². The molecule has 4 heteroatoms. The Morgan fingerprint density at radius 3 is 3.06 bits per heavy atom. The first-order valence-corrected chi connectivity index (χ1v) is 7.87. The summed E-state index contributed by atoms with van der Waals surface area (Å²) in [5.74, 6) is 1.18. The molecule has 18 heavy (non-hydrogen) atoms. The third-order valence-electron chi connectivity index (χ3n) is 4.37. The van der Waals surface area contributed by atoms with Crippen molar-refractivity contribution in [3.63, 3.8) is 0 Å². The molecule has 3 rings (SSSR count). The van der Waals surface area contributed by atoms with Gasteiger partial charge in [-0.2, -0.15) is 0 Å². The predicted octanol–water partition coefficient (Wildman–Crippen LogP) is 2.57. The molecule has 0 bridgehead atoms. The zero-order chi connectivity index (χ0) is 12.4. The van der Waals surface area contributed by atoms with Crippen LogP contribution in [0.5, 0.6) is 0 Å². The standard InChI is InChI=1S/C14H20N2OS/c17-14(7-11-8-15-9-18-11)13-6-5-10-3-1-2-4-12(10)16-13/h8-10,12-13,16H,1-7H2. The molecule has 2 aliphatic rings. The number of rotatable bonds is 3. The first-order chi connectivity index (χ1) is 8.83. The summed E-state index contributed by atoms with van der Waals surface area (Å²) in [5.41, 5.74) is 1.80. The fourth-order valence-electron chi connectivity index (χ4n) is 3.37. The van der Waals surface area contributed by atoms with E-state index in [0.29, 0.717) is 18.2 Å². The lowest BCUT2D eigenvalue weighted by Crippen LogP contribution is -2.52. The van der Waals surface area contributed by atoms with Crippen LogP contribution < -0.4 is 5.32 Å². The highest BCUT2D eigenvalue weighted by Crippen LogP contribution is 2.32. The Hall–Kier alpha value is -0.740. The van der Waals surface area contributed by atoms with Gasteiger partial charge >= 0.3 is 0 Å². The fraction of sp³-hybridized carbons (Fsp3) is 0.714. The van der Waals surface area contributed by atoms with Gasteiger partial charge in [-0.15, -0.1) is 11.3 Å². The van der Waals surface area contributed by atoms with Crippen molar-refractivity contribution in [2.45, 2.75) is 57.0 Å². The predicted molar refractivity (Wildman–Crippen MR) is 72.7 cm³/mol. The van der Waals surface area contributed by atoms with Gasteiger partial charge in [0.05, 0.1) is 11.6 Å². The average molecular weight is 264 g/mol. The van der Waals surface area contributed by atoms with E-state index in [1.54, 1.807) is 16.8 Å². The molecule has 1 aromatic rings. The minimum atomic E-state index is 0.0893. The van der Waals surface area contributed by atoms with E-state index < -0.39 is 0 Å². The van der Waals surface area contributed by atoms with E-state index in [2.05, 4.69) is 10.3 Å². The Labute approximate surface area is 112 Å². The number of nitrogens with one attached hydrogen (secondary N) is 1. The van der Waals surface area contributed by atoms with E-state index in [1.165, 1.54) is 32.1 Å². The summed E-state index contributed by atoms with van der Waals surface area (Å²) in [5, 5.41) is 3.60. The van der Waals surface area contributed by atoms with Crippen molar-refractivity contribution in [3.05, 3.63) is 16.6 Å². The number of fused-ring (bicyclic) bond motifs is 1. The van der Waals surface area contributed by atoms with Crippen molar-refractivity contribution < 1.29 is 4.79 Å². The second-order valence-corrected chi connectivity index (χ2v) is 6.53. The topological polar surface area (TPSA) is 42.0 Å². The molecular weight excluding hydrogens is 244 g/mol. The zero-order valence-electron chi connectivity index (χ0n) is 10.6. The van der Waals surface area contributed by atoms with Gasteiger partial charge in [0.25, 0.3) is 0 Å². The fourth-order valence-corrected chi connectivity index (χ4v) is 3.98. The monoisotopic (exact) mass is 264 g/mol. The molecule has 3 atom stereocenters. The molecule has 3 nitrogen and oxygen atoms in total. The molecule has 1 aliphatic heterocycles. The minimum absolute atomic E-state index is 0.0893. The third-order valence-corrected chi connectivity index (χ3v) is 5.15. The summed E-state index contributed by atoms with van der Waals surface area (Å²) >= 11 is 1.58. The van der Waals surface area contributed by atoms with Crippen molar-refractivity contribution in [2.75, 3.05) is 0 Å². The number of ketones is 1. The number of hydrogen-bond donors (Lipinski definition) is 1. The minimum Gasteiger partial charge on any atom is -0.304 e. The van der Waals surface area contributed by atoms with E-state index in [1.807, 2.05) is 6.20 Å². The first kappa shape index (κ1) is 12.3. The molecule has 0 aromatic carbocycles. The molecule has 98 valence electrons. The molecule has 1 aliphatic carbocycles. The number of carbonyl (C=O) groups is 1. The summed E-state index contributed by atoms with van der Waals surface area (Å²) in [6.07, 6.45) is 9.94. The molecular formula is C14H20N2OS. The summed E-state index contributed by atoms with van der Waals surface area (Å²) < 4.78 is 0. The van der Waals surface area contributed by atoms with Crippen LogP contribution in [0, 0.1) is 5.92 Å². The highest BCUT2D eigenvalue weighted by atomic mass is 32.1. The van der Waals surface area contributed by atoms with E-state index in [0.717, 1.165) is 17.2 Å². The molecule has 0 spiro atoms. The number of aromatic nitrogens is 1. The lowest BCUT2D eigenvalue weighted by atomic mass is 9.77. The molecule has 1 saturated heterocycles. The molecule has 2 fully saturated rings. The van der Waals surface area contributed by atoms with Gasteiger partial charge in [-0.3, -0.25) is 9.78 Å². The van der Waals surface area contributed by atoms with Gasteiger partial charge in [-0.05, 0) is 31.6 Å². The maximum Gasteiger partial charge on any atom is 0.154 e. The van der Waals surface area contributed by atoms with Gasteiger partial charge in [0.1, 0.15) is 0 Å². The Kier molecular flexibility index (Phi) is 3.75. The number of hydrogen-bond acceptors (Lipinski definition) is 4. The Bertz CT molecular complexity index is 404. The Balaban J connectivity index is 1.58. The van der Waals surface area contributed by atoms with E-state index >= 15 is 0 Å². The van der Waals surface area contributed by atoms with Crippen LogP contribution >= 0.6 is 11.3 Å². The first-order valence-electron chi connectivity index (χ1n) is 6.99. The SMILES string of the molecule is O=C(Cc1cncs1)C1CCC2CCCCC2N1. The summed E-state index contributed by atoms with van der Waals surface area (Å²) in [7, 11) is 0. The Morgan fingerprint density at radius 1 is 1.33 bits per heavy atom. The van der Waals surface area contributed by atoms with Crippen molar-refractivity contribution in [1.82, 2.24) is 10.3 Å². The molecule has 3 unspecified atom stereocenters. The van der Waals surface area contributed by atoms with Crippen molar-refractivity contribution in [1.29, 1.82) is 0 Å². The highest BCUT2D eigenvalue weighted by Gasteiger charge is 2.34. The highest BCUT2D eigenvalue weighted by molar-refractivity contribution is 7.09. The molecule has 1 saturated carbocycles. The number of Topliss-reactive ketones (excluding diaryl/α,β-unsaturated/α-hetero) is 1. The smallest absolute Gasteiger partial charge is 0.154 e. The zero-order valence-corrected chi connectivity index (χ0v) is 11.4. The van der Waals surface area contributed by atoms with Crippen molar-refractivity contribution in [2.24, 2.45) is 5.92 Å². The van der Waals surface area contributed by atoms with Crippen LogP contribution in [0.4, 0.5) is 0 Å². The normalized spacial score (nSPS) is 31.9. The summed E-state index contributed by atoms with van der Waals surface area (Å²) in [6, 6.07) is 0.689. The van der Waals surface area contributed by atoms with E-state index in [9.17, 15) is 4.79 Å². The third kappa shape index (κ3) is 2.64. The van der Waals surface area contributed by atoms with Gasteiger partial charge in [0, 0.05) is 23.5 Å². The second kappa shape index (κ2) is 5.49. The van der Waals surface area contributed by atoms with Crippen LogP contribution in [-0.4, -0.2) is 22.9 Å². The Morgan fingerprint density at radius 2 is 2.22 bits per heavy atom. The van der Waals surface area contributed by atoms with Gasteiger partial charge < -0.3 is 5.32 Å². The largest absolute Gasteiger partial charge is 0.304 e. The quantitative estimate of drug-likeness (QED) is 0.912. The maximum absolute atomic E-state index is 12.3. The van der Waals surface area contributed by atoms with Gasteiger partial charge in [-0.25, -0.2) is 0 Å². The summed E-state index contributed by atoms with van der Waals surface area (Å²) in [6.45, 7) is 0. The van der Waals surface area contributed by atoms with Crippen LogP contribution in [0.1, 0.15) is 43.4 Å². The summed E-state index contributed by atoms with van der Waals surface area (Å²) in [4.78, 5) is 17.4. The maximum atomic E-state index is 12.3.